The molecule has 1 aliphatic carbocycles. The number of carbonyl (C=O) groups is 4. The molecule has 0 saturated heterocycles. The van der Waals surface area contributed by atoms with E-state index in [0.717, 1.165) is 64.1 Å². The number of hydrogen-bond acceptors (Lipinski definition) is 4. The predicted octanol–water partition coefficient (Wildman–Crippen LogP) is 4.67. The van der Waals surface area contributed by atoms with Crippen LogP contribution in [0.25, 0.3) is 0 Å². The maximum absolute atomic E-state index is 13.6. The van der Waals surface area contributed by atoms with Crippen LogP contribution in [-0.2, 0) is 19.2 Å². The first-order valence-corrected chi connectivity index (χ1v) is 13.9. The highest BCUT2D eigenvalue weighted by Crippen LogP contribution is 2.37. The summed E-state index contributed by atoms with van der Waals surface area (Å²) in [4.78, 5) is 50.9. The van der Waals surface area contributed by atoms with Crippen LogP contribution in [-0.4, -0.2) is 42.1 Å². The SMILES string of the molecule is CCCC[C@H](NC(=O)[C@H](CC(C)C)NC(=O)[C@H](CC(C)C)NC(C)=O)C1(C=O)CCCCCCC1. The molecule has 7 nitrogen and oxygen atoms in total. The zero-order chi connectivity index (χ0) is 26.4. The molecule has 0 spiro atoms. The Morgan fingerprint density at radius 2 is 1.29 bits per heavy atom. The molecule has 0 radical (unpaired) electrons. The fourth-order valence-corrected chi connectivity index (χ4v) is 5.22. The van der Waals surface area contributed by atoms with E-state index < -0.39 is 17.5 Å². The molecule has 202 valence electrons. The smallest absolute Gasteiger partial charge is 0.243 e. The minimum Gasteiger partial charge on any atom is -0.351 e. The number of carbonyl (C=O) groups excluding carboxylic acids is 4. The molecule has 3 N–H and O–H groups in total. The molecule has 0 bridgehead atoms. The van der Waals surface area contributed by atoms with E-state index in [0.29, 0.717) is 12.8 Å². The van der Waals surface area contributed by atoms with E-state index in [1.54, 1.807) is 0 Å². The Bertz CT molecular complexity index is 669. The van der Waals surface area contributed by atoms with E-state index in [2.05, 4.69) is 22.9 Å². The van der Waals surface area contributed by atoms with Crippen LogP contribution in [0.4, 0.5) is 0 Å². The maximum atomic E-state index is 13.6. The van der Waals surface area contributed by atoms with Gasteiger partial charge in [-0.25, -0.2) is 0 Å². The van der Waals surface area contributed by atoms with Crippen LogP contribution in [0.15, 0.2) is 0 Å². The van der Waals surface area contributed by atoms with Gasteiger partial charge < -0.3 is 20.7 Å². The van der Waals surface area contributed by atoms with Crippen molar-refractivity contribution in [1.82, 2.24) is 16.0 Å². The van der Waals surface area contributed by atoms with Gasteiger partial charge in [-0.15, -0.1) is 0 Å². The topological polar surface area (TPSA) is 104 Å². The molecule has 3 amide bonds. The summed E-state index contributed by atoms with van der Waals surface area (Å²) in [6.45, 7) is 11.5. The molecule has 0 aromatic heterocycles. The lowest BCUT2D eigenvalue weighted by atomic mass is 9.70. The Labute approximate surface area is 213 Å². The van der Waals surface area contributed by atoms with Crippen LogP contribution in [0.5, 0.6) is 0 Å². The quantitative estimate of drug-likeness (QED) is 0.306. The van der Waals surface area contributed by atoms with Crippen molar-refractivity contribution < 1.29 is 19.2 Å². The third-order valence-corrected chi connectivity index (χ3v) is 7.12. The molecule has 0 aromatic rings. The lowest BCUT2D eigenvalue weighted by molar-refractivity contribution is -0.133. The Kier molecular flexibility index (Phi) is 14.2. The van der Waals surface area contributed by atoms with Gasteiger partial charge in [0.05, 0.1) is 0 Å². The first-order valence-electron chi connectivity index (χ1n) is 13.9. The van der Waals surface area contributed by atoms with E-state index in [1.807, 2.05) is 27.7 Å². The van der Waals surface area contributed by atoms with E-state index in [4.69, 9.17) is 0 Å². The van der Waals surface area contributed by atoms with Gasteiger partial charge >= 0.3 is 0 Å². The van der Waals surface area contributed by atoms with Crippen molar-refractivity contribution in [2.24, 2.45) is 17.3 Å². The Balaban J connectivity index is 3.11. The number of aldehydes is 1. The maximum Gasteiger partial charge on any atom is 0.243 e. The van der Waals surface area contributed by atoms with Gasteiger partial charge in [-0.05, 0) is 43.9 Å². The van der Waals surface area contributed by atoms with Crippen molar-refractivity contribution >= 4 is 24.0 Å². The minimum absolute atomic E-state index is 0.186. The summed E-state index contributed by atoms with van der Waals surface area (Å²) in [6, 6.07) is -1.64. The van der Waals surface area contributed by atoms with Gasteiger partial charge in [-0.3, -0.25) is 14.4 Å². The first kappa shape index (κ1) is 31.1. The summed E-state index contributed by atoms with van der Waals surface area (Å²) >= 11 is 0. The van der Waals surface area contributed by atoms with Crippen molar-refractivity contribution in [1.29, 1.82) is 0 Å². The fraction of sp³-hybridized carbons (Fsp3) is 0.857. The largest absolute Gasteiger partial charge is 0.351 e. The average Bonchev–Trinajstić information content (AvgIpc) is 2.75. The van der Waals surface area contributed by atoms with Crippen molar-refractivity contribution in [2.45, 2.75) is 137 Å². The Hall–Kier alpha value is -1.92. The van der Waals surface area contributed by atoms with Crippen molar-refractivity contribution in [3.05, 3.63) is 0 Å². The van der Waals surface area contributed by atoms with Crippen molar-refractivity contribution in [3.63, 3.8) is 0 Å². The zero-order valence-electron chi connectivity index (χ0n) is 23.1. The molecule has 0 heterocycles. The summed E-state index contributed by atoms with van der Waals surface area (Å²) in [7, 11) is 0. The average molecular weight is 494 g/mol. The molecule has 1 saturated carbocycles. The van der Waals surface area contributed by atoms with Crippen LogP contribution >= 0.6 is 0 Å². The Morgan fingerprint density at radius 1 is 0.800 bits per heavy atom. The summed E-state index contributed by atoms with van der Waals surface area (Å²) < 4.78 is 0. The first-order chi connectivity index (χ1) is 16.5. The molecule has 0 unspecified atom stereocenters. The van der Waals surface area contributed by atoms with Gasteiger partial charge in [0.15, 0.2) is 0 Å². The second-order valence-electron chi connectivity index (χ2n) is 11.4. The lowest BCUT2D eigenvalue weighted by Gasteiger charge is -2.39. The second-order valence-corrected chi connectivity index (χ2v) is 11.4. The van der Waals surface area contributed by atoms with E-state index >= 15 is 0 Å². The fourth-order valence-electron chi connectivity index (χ4n) is 5.22. The third-order valence-electron chi connectivity index (χ3n) is 7.12. The normalized spacial score (nSPS) is 18.6. The molecular formula is C28H51N3O4. The number of amides is 3. The van der Waals surface area contributed by atoms with Gasteiger partial charge in [0.2, 0.25) is 17.7 Å². The highest BCUT2D eigenvalue weighted by atomic mass is 16.2. The summed E-state index contributed by atoms with van der Waals surface area (Å²) in [5.74, 6) is -0.447. The van der Waals surface area contributed by atoms with E-state index in [-0.39, 0.29) is 35.6 Å². The molecule has 1 aliphatic rings. The molecule has 0 aromatic carbocycles. The number of nitrogens with one attached hydrogen (secondary N) is 3. The van der Waals surface area contributed by atoms with Crippen LogP contribution in [0, 0.1) is 17.3 Å². The van der Waals surface area contributed by atoms with Crippen LogP contribution < -0.4 is 16.0 Å². The lowest BCUT2D eigenvalue weighted by Crippen LogP contribution is -2.57. The summed E-state index contributed by atoms with van der Waals surface area (Å²) in [5.41, 5.74) is -0.548. The van der Waals surface area contributed by atoms with Gasteiger partial charge in [0, 0.05) is 18.4 Å². The molecule has 3 atom stereocenters. The zero-order valence-corrected chi connectivity index (χ0v) is 23.1. The highest BCUT2D eigenvalue weighted by Gasteiger charge is 2.40. The third kappa shape index (κ3) is 11.1. The van der Waals surface area contributed by atoms with Crippen molar-refractivity contribution in [2.75, 3.05) is 0 Å². The van der Waals surface area contributed by atoms with Gasteiger partial charge in [-0.2, -0.15) is 0 Å². The summed E-state index contributed by atoms with van der Waals surface area (Å²) in [5, 5.41) is 8.87. The second kappa shape index (κ2) is 15.9. The number of unbranched alkanes of at least 4 members (excludes halogenated alkanes) is 1. The van der Waals surface area contributed by atoms with Crippen LogP contribution in [0.1, 0.15) is 119 Å². The number of hydrogen-bond donors (Lipinski definition) is 3. The summed E-state index contributed by atoms with van der Waals surface area (Å²) in [6.07, 6.45) is 11.8. The highest BCUT2D eigenvalue weighted by molar-refractivity contribution is 5.92. The van der Waals surface area contributed by atoms with Gasteiger partial charge in [-0.1, -0.05) is 79.6 Å². The van der Waals surface area contributed by atoms with Crippen LogP contribution in [0.2, 0.25) is 0 Å². The standard InChI is InChI=1S/C28H51N3O4/c1-7-8-14-25(28(19-32)15-12-10-9-11-13-16-28)31-27(35)24(18-21(4)5)30-26(34)23(17-20(2)3)29-22(6)33/h19-21,23-25H,7-18H2,1-6H3,(H,29,33)(H,30,34)(H,31,35)/t23-,24-,25-/m0/s1. The van der Waals surface area contributed by atoms with Crippen molar-refractivity contribution in [3.8, 4) is 0 Å². The van der Waals surface area contributed by atoms with Gasteiger partial charge in [0.25, 0.3) is 0 Å². The molecule has 35 heavy (non-hydrogen) atoms. The molecule has 1 fully saturated rings. The predicted molar refractivity (Wildman–Crippen MR) is 141 cm³/mol. The molecule has 0 aliphatic heterocycles. The number of rotatable bonds is 14. The molecule has 7 heteroatoms. The van der Waals surface area contributed by atoms with E-state index in [9.17, 15) is 19.2 Å². The minimum atomic E-state index is -0.715. The van der Waals surface area contributed by atoms with E-state index in [1.165, 1.54) is 13.3 Å². The molecule has 1 rings (SSSR count). The van der Waals surface area contributed by atoms with Gasteiger partial charge in [0.1, 0.15) is 18.4 Å². The monoisotopic (exact) mass is 493 g/mol. The van der Waals surface area contributed by atoms with Crippen LogP contribution in [0.3, 0.4) is 0 Å². The Morgan fingerprint density at radius 3 is 1.74 bits per heavy atom. The molecular weight excluding hydrogens is 442 g/mol.